The number of aliphatic carboxylic acids is 1. The number of hydrogen-bond acceptors (Lipinski definition) is 5. The third-order valence-corrected chi connectivity index (χ3v) is 5.02. The Labute approximate surface area is 201 Å². The van der Waals surface area contributed by atoms with Crippen LogP contribution in [0.15, 0.2) is 54.7 Å². The summed E-state index contributed by atoms with van der Waals surface area (Å²) < 4.78 is 14.1. The Hall–Kier alpha value is -4.47. The smallest absolute Gasteiger partial charge is 0.320 e. The zero-order valence-electron chi connectivity index (χ0n) is 19.3. The third kappa shape index (κ3) is 7.26. The second kappa shape index (κ2) is 11.6. The molecule has 2 aromatic carbocycles. The molecule has 0 radical (unpaired) electrons. The lowest BCUT2D eigenvalue weighted by molar-refractivity contribution is -0.136. The quantitative estimate of drug-likeness (QED) is 0.303. The van der Waals surface area contributed by atoms with Gasteiger partial charge < -0.3 is 21.1 Å². The monoisotopic (exact) mass is 479 g/mol. The number of anilines is 4. The standard InChI is InChI=1S/C25H26FN5O4/c1-3-27-25(35)31-22-13-21(29-18-8-4-15(2)20(26)12-18)19(14-28-22)24(34)30-17-9-5-16(6-10-17)7-11-23(32)33/h4-6,8-10,12-14H,3,7,11H2,1-2H3,(H,30,34)(H,32,33)(H3,27,28,29,31,35). The summed E-state index contributed by atoms with van der Waals surface area (Å²) >= 11 is 0. The zero-order chi connectivity index (χ0) is 25.4. The van der Waals surface area contributed by atoms with Gasteiger partial charge >= 0.3 is 12.0 Å². The molecule has 5 N–H and O–H groups in total. The molecule has 0 saturated heterocycles. The van der Waals surface area contributed by atoms with Crippen LogP contribution < -0.4 is 21.3 Å². The average molecular weight is 480 g/mol. The number of carbonyl (C=O) groups is 3. The van der Waals surface area contributed by atoms with Crippen LogP contribution in [0, 0.1) is 12.7 Å². The van der Waals surface area contributed by atoms with E-state index >= 15 is 0 Å². The molecule has 10 heteroatoms. The number of nitrogens with zero attached hydrogens (tertiary/aromatic N) is 1. The van der Waals surface area contributed by atoms with Crippen LogP contribution in [0.3, 0.4) is 0 Å². The van der Waals surface area contributed by atoms with Crippen LogP contribution in [0.4, 0.5) is 32.1 Å². The summed E-state index contributed by atoms with van der Waals surface area (Å²) in [6.07, 6.45) is 1.71. The molecule has 0 aliphatic carbocycles. The van der Waals surface area contributed by atoms with Crippen LogP contribution in [0.2, 0.25) is 0 Å². The molecule has 3 amide bonds. The first kappa shape index (κ1) is 25.2. The van der Waals surface area contributed by atoms with Crippen LogP contribution in [-0.2, 0) is 11.2 Å². The van der Waals surface area contributed by atoms with Crippen molar-refractivity contribution in [3.05, 3.63) is 77.2 Å². The fourth-order valence-corrected chi connectivity index (χ4v) is 3.16. The first-order valence-electron chi connectivity index (χ1n) is 10.9. The SMILES string of the molecule is CCNC(=O)Nc1cc(Nc2ccc(C)c(F)c2)c(C(=O)Nc2ccc(CCC(=O)O)cc2)cn1. The Morgan fingerprint density at radius 3 is 2.37 bits per heavy atom. The van der Waals surface area contributed by atoms with Crippen molar-refractivity contribution in [2.24, 2.45) is 0 Å². The van der Waals surface area contributed by atoms with E-state index in [0.29, 0.717) is 35.6 Å². The van der Waals surface area contributed by atoms with Crippen LogP contribution in [-0.4, -0.2) is 34.5 Å². The lowest BCUT2D eigenvalue weighted by Crippen LogP contribution is -2.28. The molecule has 9 nitrogen and oxygen atoms in total. The average Bonchev–Trinajstić information content (AvgIpc) is 2.81. The Kier molecular flexibility index (Phi) is 8.33. The molecule has 0 atom stereocenters. The van der Waals surface area contributed by atoms with Gasteiger partial charge in [-0.1, -0.05) is 18.2 Å². The maximum atomic E-state index is 14.1. The molecule has 0 aliphatic heterocycles. The number of aryl methyl sites for hydroxylation is 2. The zero-order valence-corrected chi connectivity index (χ0v) is 19.3. The van der Waals surface area contributed by atoms with Gasteiger partial charge in [-0.05, 0) is 55.7 Å². The lowest BCUT2D eigenvalue weighted by atomic mass is 10.1. The topological polar surface area (TPSA) is 132 Å². The van der Waals surface area contributed by atoms with Crippen molar-refractivity contribution in [1.29, 1.82) is 0 Å². The van der Waals surface area contributed by atoms with Gasteiger partial charge in [0.1, 0.15) is 11.6 Å². The minimum atomic E-state index is -0.881. The Morgan fingerprint density at radius 2 is 1.71 bits per heavy atom. The van der Waals surface area contributed by atoms with Crippen molar-refractivity contribution in [3.63, 3.8) is 0 Å². The van der Waals surface area contributed by atoms with E-state index in [1.54, 1.807) is 50.2 Å². The van der Waals surface area contributed by atoms with Gasteiger partial charge in [0.25, 0.3) is 5.91 Å². The van der Waals surface area contributed by atoms with E-state index in [1.165, 1.54) is 18.3 Å². The molecule has 1 aromatic heterocycles. The number of pyridine rings is 1. The number of carboxylic acid groups (broad SMARTS) is 1. The van der Waals surface area contributed by atoms with Gasteiger partial charge in [-0.25, -0.2) is 14.2 Å². The number of carboxylic acids is 1. The van der Waals surface area contributed by atoms with E-state index in [4.69, 9.17) is 5.11 Å². The fraction of sp³-hybridized carbons (Fsp3) is 0.200. The van der Waals surface area contributed by atoms with Gasteiger partial charge in [0.15, 0.2) is 0 Å². The number of urea groups is 1. The molecule has 1 heterocycles. The minimum absolute atomic E-state index is 0.0165. The number of hydrogen-bond donors (Lipinski definition) is 5. The molecule has 0 saturated carbocycles. The van der Waals surface area contributed by atoms with Crippen LogP contribution >= 0.6 is 0 Å². The molecule has 3 aromatic rings. The largest absolute Gasteiger partial charge is 0.481 e. The van der Waals surface area contributed by atoms with E-state index in [9.17, 15) is 18.8 Å². The number of nitrogens with one attached hydrogen (secondary N) is 4. The van der Waals surface area contributed by atoms with E-state index in [1.807, 2.05) is 0 Å². The molecule has 0 bridgehead atoms. The Balaban J connectivity index is 1.84. The molecule has 3 rings (SSSR count). The summed E-state index contributed by atoms with van der Waals surface area (Å²) in [4.78, 5) is 39.8. The van der Waals surface area contributed by atoms with Crippen LogP contribution in [0.1, 0.15) is 34.8 Å². The van der Waals surface area contributed by atoms with Crippen molar-refractivity contribution in [2.75, 3.05) is 22.5 Å². The highest BCUT2D eigenvalue weighted by molar-refractivity contribution is 6.08. The summed E-state index contributed by atoms with van der Waals surface area (Å²) in [6.45, 7) is 3.85. The number of carbonyl (C=O) groups excluding carboxylic acids is 2. The number of rotatable bonds is 9. The van der Waals surface area contributed by atoms with Gasteiger partial charge in [0.2, 0.25) is 0 Å². The summed E-state index contributed by atoms with van der Waals surface area (Å²) in [5, 5.41) is 19.8. The van der Waals surface area contributed by atoms with Crippen molar-refractivity contribution in [2.45, 2.75) is 26.7 Å². The maximum Gasteiger partial charge on any atom is 0.320 e. The van der Waals surface area contributed by atoms with Gasteiger partial charge in [-0.15, -0.1) is 0 Å². The van der Waals surface area contributed by atoms with Gasteiger partial charge in [0, 0.05) is 36.6 Å². The number of benzene rings is 2. The number of aromatic nitrogens is 1. The summed E-state index contributed by atoms with van der Waals surface area (Å²) in [5.74, 6) is -1.56. The van der Waals surface area contributed by atoms with Gasteiger partial charge in [0.05, 0.1) is 11.3 Å². The summed E-state index contributed by atoms with van der Waals surface area (Å²) in [6, 6.07) is 12.5. The van der Waals surface area contributed by atoms with Gasteiger partial charge in [-0.3, -0.25) is 14.9 Å². The first-order valence-corrected chi connectivity index (χ1v) is 10.9. The van der Waals surface area contributed by atoms with Crippen molar-refractivity contribution >= 4 is 40.8 Å². The number of halogens is 1. The highest BCUT2D eigenvalue weighted by Gasteiger charge is 2.16. The Morgan fingerprint density at radius 1 is 1.00 bits per heavy atom. The second-order valence-corrected chi connectivity index (χ2v) is 7.73. The molecule has 35 heavy (non-hydrogen) atoms. The first-order chi connectivity index (χ1) is 16.7. The fourth-order valence-electron chi connectivity index (χ4n) is 3.16. The Bertz CT molecular complexity index is 1230. The lowest BCUT2D eigenvalue weighted by Gasteiger charge is -2.15. The minimum Gasteiger partial charge on any atom is -0.481 e. The molecular weight excluding hydrogens is 453 g/mol. The van der Waals surface area contributed by atoms with Crippen LogP contribution in [0.25, 0.3) is 0 Å². The molecule has 182 valence electrons. The summed E-state index contributed by atoms with van der Waals surface area (Å²) in [7, 11) is 0. The normalized spacial score (nSPS) is 10.4. The molecule has 0 aliphatic rings. The van der Waals surface area contributed by atoms with Crippen LogP contribution in [0.5, 0.6) is 0 Å². The van der Waals surface area contributed by atoms with Crippen molar-refractivity contribution < 1.29 is 23.9 Å². The second-order valence-electron chi connectivity index (χ2n) is 7.73. The van der Waals surface area contributed by atoms with Crippen molar-refractivity contribution in [1.82, 2.24) is 10.3 Å². The van der Waals surface area contributed by atoms with E-state index < -0.39 is 23.7 Å². The molecular formula is C25H26FN5O4. The van der Waals surface area contributed by atoms with E-state index in [2.05, 4.69) is 26.3 Å². The van der Waals surface area contributed by atoms with E-state index in [-0.39, 0.29) is 17.8 Å². The maximum absolute atomic E-state index is 14.1. The molecule has 0 spiro atoms. The number of amides is 3. The van der Waals surface area contributed by atoms with Gasteiger partial charge in [-0.2, -0.15) is 0 Å². The van der Waals surface area contributed by atoms with Crippen molar-refractivity contribution in [3.8, 4) is 0 Å². The highest BCUT2D eigenvalue weighted by atomic mass is 19.1. The molecule has 0 unspecified atom stereocenters. The van der Waals surface area contributed by atoms with E-state index in [0.717, 1.165) is 5.56 Å². The molecule has 0 fully saturated rings. The highest BCUT2D eigenvalue weighted by Crippen LogP contribution is 2.26. The predicted octanol–water partition coefficient (Wildman–Crippen LogP) is 4.68. The third-order valence-electron chi connectivity index (χ3n) is 5.02. The summed E-state index contributed by atoms with van der Waals surface area (Å²) in [5.41, 5.74) is 2.71. The predicted molar refractivity (Wildman–Crippen MR) is 132 cm³/mol.